The summed E-state index contributed by atoms with van der Waals surface area (Å²) in [5, 5.41) is 2.99. The minimum atomic E-state index is -3.59. The molecule has 0 aliphatic heterocycles. The maximum absolute atomic E-state index is 12.1. The summed E-state index contributed by atoms with van der Waals surface area (Å²) in [6.07, 6.45) is 0.835. The summed E-state index contributed by atoms with van der Waals surface area (Å²) in [5.74, 6) is -0.366. The number of nitrogens with zero attached hydrogens (tertiary/aromatic N) is 1. The van der Waals surface area contributed by atoms with Crippen molar-refractivity contribution >= 4 is 27.5 Å². The highest BCUT2D eigenvalue weighted by Gasteiger charge is 2.20. The number of hydrogen-bond donors (Lipinski definition) is 2. The fraction of sp³-hybridized carbons (Fsp3) is 0.500. The van der Waals surface area contributed by atoms with Crippen LogP contribution in [0, 0.1) is 0 Å². The quantitative estimate of drug-likeness (QED) is 0.673. The number of hydrogen-bond acceptors (Lipinski definition) is 3. The predicted octanol–water partition coefficient (Wildman–Crippen LogP) is -0.145. The van der Waals surface area contributed by atoms with E-state index >= 15 is 0 Å². The monoisotopic (exact) mass is 348 g/mol. The third-order valence-corrected chi connectivity index (χ3v) is 5.24. The van der Waals surface area contributed by atoms with E-state index in [1.807, 2.05) is 14.1 Å². The van der Waals surface area contributed by atoms with Crippen LogP contribution in [0.25, 0.3) is 0 Å². The summed E-state index contributed by atoms with van der Waals surface area (Å²) in [7, 11) is 3.35. The van der Waals surface area contributed by atoms with Crippen LogP contribution in [0.4, 0.5) is 0 Å². The summed E-state index contributed by atoms with van der Waals surface area (Å²) < 4.78 is 25.3. The van der Waals surface area contributed by atoms with Crippen molar-refractivity contribution in [2.45, 2.75) is 11.3 Å². The molecular weight excluding hydrogens is 326 g/mol. The number of quaternary nitrogens is 1. The van der Waals surface area contributed by atoms with Gasteiger partial charge in [-0.3, -0.25) is 4.79 Å². The second-order valence-electron chi connectivity index (χ2n) is 5.50. The van der Waals surface area contributed by atoms with Gasteiger partial charge >= 0.3 is 0 Å². The van der Waals surface area contributed by atoms with Crippen LogP contribution in [0.2, 0.25) is 5.02 Å². The van der Waals surface area contributed by atoms with Gasteiger partial charge in [-0.25, -0.2) is 12.7 Å². The molecule has 0 fully saturated rings. The lowest BCUT2D eigenvalue weighted by molar-refractivity contribution is -0.858. The molecule has 0 aliphatic rings. The normalized spacial score (nSPS) is 12.0. The van der Waals surface area contributed by atoms with Crippen LogP contribution in [0.3, 0.4) is 0 Å². The molecule has 0 spiro atoms. The lowest BCUT2D eigenvalue weighted by Gasteiger charge is -2.13. The van der Waals surface area contributed by atoms with E-state index in [1.165, 1.54) is 37.2 Å². The van der Waals surface area contributed by atoms with E-state index in [-0.39, 0.29) is 21.4 Å². The van der Waals surface area contributed by atoms with Gasteiger partial charge in [-0.05, 0) is 18.2 Å². The molecule has 124 valence electrons. The molecule has 2 N–H and O–H groups in total. The molecule has 22 heavy (non-hydrogen) atoms. The smallest absolute Gasteiger partial charge is 0.252 e. The highest BCUT2D eigenvalue weighted by atomic mass is 35.5. The molecule has 8 heteroatoms. The SMILES string of the molecule is CN(C)S(=O)(=O)c1ccc(Cl)c(C(=O)NCCC[NH+](C)C)c1. The number of halogens is 1. The van der Waals surface area contributed by atoms with Crippen LogP contribution in [-0.4, -0.2) is 59.9 Å². The summed E-state index contributed by atoms with van der Waals surface area (Å²) in [5.41, 5.74) is 0.168. The summed E-state index contributed by atoms with van der Waals surface area (Å²) in [6.45, 7) is 1.45. The number of benzene rings is 1. The number of nitrogens with one attached hydrogen (secondary N) is 2. The first-order chi connectivity index (χ1) is 10.2. The zero-order chi connectivity index (χ0) is 16.9. The molecule has 0 heterocycles. The van der Waals surface area contributed by atoms with Crippen molar-refractivity contribution in [3.8, 4) is 0 Å². The van der Waals surface area contributed by atoms with Gasteiger partial charge in [0.1, 0.15) is 0 Å². The van der Waals surface area contributed by atoms with Gasteiger partial charge in [-0.2, -0.15) is 0 Å². The van der Waals surface area contributed by atoms with Crippen LogP contribution in [0.15, 0.2) is 23.1 Å². The van der Waals surface area contributed by atoms with Crippen LogP contribution >= 0.6 is 11.6 Å². The van der Waals surface area contributed by atoms with Gasteiger partial charge in [-0.1, -0.05) is 11.6 Å². The van der Waals surface area contributed by atoms with Gasteiger partial charge < -0.3 is 10.2 Å². The lowest BCUT2D eigenvalue weighted by atomic mass is 10.2. The highest BCUT2D eigenvalue weighted by Crippen LogP contribution is 2.22. The number of carbonyl (C=O) groups is 1. The molecule has 0 saturated heterocycles. The van der Waals surface area contributed by atoms with E-state index in [0.717, 1.165) is 17.3 Å². The van der Waals surface area contributed by atoms with E-state index in [0.29, 0.717) is 6.54 Å². The standard InChI is InChI=1S/C14H22ClN3O3S/c1-17(2)9-5-8-16-14(19)12-10-11(6-7-13(12)15)22(20,21)18(3)4/h6-7,10H,5,8-9H2,1-4H3,(H,16,19)/p+1. The second-order valence-corrected chi connectivity index (χ2v) is 8.05. The molecule has 0 radical (unpaired) electrons. The summed E-state index contributed by atoms with van der Waals surface area (Å²) in [4.78, 5) is 13.5. The van der Waals surface area contributed by atoms with Crippen molar-refractivity contribution in [3.63, 3.8) is 0 Å². The molecule has 1 amide bonds. The van der Waals surface area contributed by atoms with Gasteiger partial charge in [0.15, 0.2) is 0 Å². The Morgan fingerprint density at radius 1 is 1.32 bits per heavy atom. The van der Waals surface area contributed by atoms with E-state index in [4.69, 9.17) is 11.6 Å². The lowest BCUT2D eigenvalue weighted by Crippen LogP contribution is -3.05. The van der Waals surface area contributed by atoms with Crippen molar-refractivity contribution in [1.29, 1.82) is 0 Å². The van der Waals surface area contributed by atoms with Crippen LogP contribution < -0.4 is 10.2 Å². The maximum atomic E-state index is 12.1. The Bertz CT molecular complexity index is 630. The first-order valence-electron chi connectivity index (χ1n) is 6.95. The van der Waals surface area contributed by atoms with Crippen LogP contribution in [-0.2, 0) is 10.0 Å². The molecule has 0 unspecified atom stereocenters. The molecule has 1 aromatic carbocycles. The third-order valence-electron chi connectivity index (χ3n) is 3.10. The topological polar surface area (TPSA) is 70.9 Å². The average Bonchev–Trinajstić information content (AvgIpc) is 2.43. The van der Waals surface area contributed by atoms with E-state index in [9.17, 15) is 13.2 Å². The summed E-state index contributed by atoms with van der Waals surface area (Å²) >= 11 is 6.01. The molecule has 1 rings (SSSR count). The average molecular weight is 349 g/mol. The Labute approximate surface area is 137 Å². The third kappa shape index (κ3) is 4.95. The van der Waals surface area contributed by atoms with E-state index in [2.05, 4.69) is 5.32 Å². The fourth-order valence-electron chi connectivity index (χ4n) is 1.79. The molecule has 0 aromatic heterocycles. The van der Waals surface area contributed by atoms with Crippen molar-refractivity contribution in [2.75, 3.05) is 41.3 Å². The van der Waals surface area contributed by atoms with Gasteiger partial charge in [0, 0.05) is 27.1 Å². The molecular formula is C14H23ClN3O3S+. The van der Waals surface area contributed by atoms with Gasteiger partial charge in [0.2, 0.25) is 10.0 Å². The van der Waals surface area contributed by atoms with E-state index in [1.54, 1.807) is 0 Å². The largest absolute Gasteiger partial charge is 0.352 e. The number of rotatable bonds is 7. The van der Waals surface area contributed by atoms with Gasteiger partial charge in [0.05, 0.1) is 36.1 Å². The first kappa shape index (κ1) is 18.9. The second kappa shape index (κ2) is 7.92. The Morgan fingerprint density at radius 3 is 2.50 bits per heavy atom. The minimum absolute atomic E-state index is 0.0461. The Balaban J connectivity index is 2.89. The minimum Gasteiger partial charge on any atom is -0.352 e. The number of carbonyl (C=O) groups excluding carboxylic acids is 1. The Kier molecular flexibility index (Phi) is 6.80. The van der Waals surface area contributed by atoms with Crippen molar-refractivity contribution in [2.24, 2.45) is 0 Å². The first-order valence-corrected chi connectivity index (χ1v) is 8.77. The Morgan fingerprint density at radius 2 is 1.95 bits per heavy atom. The Hall–Kier alpha value is -1.15. The molecule has 6 nitrogen and oxygen atoms in total. The molecule has 0 saturated carbocycles. The van der Waals surface area contributed by atoms with Crippen molar-refractivity contribution < 1.29 is 18.1 Å². The van der Waals surface area contributed by atoms with Crippen LogP contribution in [0.5, 0.6) is 0 Å². The molecule has 0 bridgehead atoms. The zero-order valence-corrected chi connectivity index (χ0v) is 14.9. The molecule has 0 atom stereocenters. The molecule has 1 aromatic rings. The zero-order valence-electron chi connectivity index (χ0n) is 13.3. The highest BCUT2D eigenvalue weighted by molar-refractivity contribution is 7.89. The van der Waals surface area contributed by atoms with Crippen LogP contribution in [0.1, 0.15) is 16.8 Å². The van der Waals surface area contributed by atoms with Gasteiger partial charge in [0.25, 0.3) is 5.91 Å². The molecule has 0 aliphatic carbocycles. The van der Waals surface area contributed by atoms with Crippen molar-refractivity contribution in [3.05, 3.63) is 28.8 Å². The van der Waals surface area contributed by atoms with E-state index < -0.39 is 10.0 Å². The van der Waals surface area contributed by atoms with Gasteiger partial charge in [-0.15, -0.1) is 0 Å². The fourth-order valence-corrected chi connectivity index (χ4v) is 2.92. The summed E-state index contributed by atoms with van der Waals surface area (Å²) in [6, 6.07) is 4.13. The maximum Gasteiger partial charge on any atom is 0.252 e. The predicted molar refractivity (Wildman–Crippen MR) is 87.0 cm³/mol. The van der Waals surface area contributed by atoms with Crippen molar-refractivity contribution in [1.82, 2.24) is 9.62 Å². The number of sulfonamides is 1. The number of amides is 1.